The summed E-state index contributed by atoms with van der Waals surface area (Å²) >= 11 is 6.24. The molecule has 100 valence electrons. The van der Waals surface area contributed by atoms with Gasteiger partial charge in [-0.05, 0) is 0 Å². The molecular weight excluding hydrogens is 2030 g/mol. The summed E-state index contributed by atoms with van der Waals surface area (Å²) in [5, 5.41) is 7.34. The fourth-order valence-electron chi connectivity index (χ4n) is 4.58. The van der Waals surface area contributed by atoms with Crippen molar-refractivity contribution in [2.24, 2.45) is 0 Å². The number of rotatable bonds is 1. The predicted octanol–water partition coefficient (Wildman–Crippen LogP) is -3.72. The van der Waals surface area contributed by atoms with Gasteiger partial charge in [-0.1, -0.05) is 0 Å². The van der Waals surface area contributed by atoms with Crippen LogP contribution in [0, 0.1) is 349 Å². The molecule has 0 aromatic heterocycles. The molecule has 0 N–H and O–H groups in total. The predicted molar refractivity (Wildman–Crippen MR) is 86.2 cm³/mol. The number of aryl methyl sites for hydroxylation is 1. The fourth-order valence-corrected chi connectivity index (χ4v) is 66.5. The second-order valence-corrected chi connectivity index (χ2v) is 41.4. The Morgan fingerprint density at radius 2 is 0.760 bits per heavy atom. The molecule has 0 bridgehead atoms. The van der Waals surface area contributed by atoms with E-state index in [1.165, 1.54) is 0 Å². The normalized spacial score (nSPS) is 11.1. The number of hydrogen-bond acceptors (Lipinski definition) is 1. The first-order valence-electron chi connectivity index (χ1n) is 9.11. The van der Waals surface area contributed by atoms with E-state index >= 15 is 0 Å². The minimum atomic E-state index is 0.479. The van der Waals surface area contributed by atoms with E-state index in [4.69, 9.17) is 0 Å². The first kappa shape index (κ1) is 29.8. The zero-order valence-corrected chi connectivity index (χ0v) is 84.0. The fraction of sp³-hybridized carbons (Fsp3) is 0.125. The zero-order valence-electron chi connectivity index (χ0n) is 17.4. The third-order valence-corrected chi connectivity index (χ3v) is 154. The first-order valence-corrected chi connectivity index (χ1v) is 43.2. The van der Waals surface area contributed by atoms with E-state index in [-0.39, 0.29) is 0 Å². The Bertz CT molecular complexity index is 993. The van der Waals surface area contributed by atoms with Gasteiger partial charge in [0.15, 0.2) is 0 Å². The van der Waals surface area contributed by atoms with Gasteiger partial charge in [0.1, 0.15) is 0 Å². The molecule has 0 radical (unpaired) electrons. The Morgan fingerprint density at radius 1 is 0.480 bits per heavy atom. The number of benzene rings is 3. The van der Waals surface area contributed by atoms with Crippen molar-refractivity contribution in [3.8, 4) is 0 Å². The van der Waals surface area contributed by atoms with Gasteiger partial charge in [0.05, 0.1) is 0 Å². The van der Waals surface area contributed by atoms with Crippen molar-refractivity contribution in [3.63, 3.8) is 0 Å². The first-order chi connectivity index (χ1) is 11.6. The molecule has 9 heteroatoms. The maximum atomic E-state index is 2.54. The van der Waals surface area contributed by atoms with Crippen LogP contribution < -0.4 is 4.83 Å². The third kappa shape index (κ3) is 6.13. The number of fused-ring (bicyclic) bond motifs is 2. The second-order valence-electron chi connectivity index (χ2n) is 7.66. The Kier molecular flexibility index (Phi) is 15.9. The van der Waals surface area contributed by atoms with E-state index in [1.54, 1.807) is 10.5 Å². The van der Waals surface area contributed by atoms with Gasteiger partial charge in [-0.2, -0.15) is 0 Å². The summed E-state index contributed by atoms with van der Waals surface area (Å²) in [4.78, 5) is 1.77. The Labute approximate surface area is 388 Å². The van der Waals surface area contributed by atoms with Gasteiger partial charge in [-0.25, -0.2) is 0 Å². The number of thioether (sulfide) groups is 1. The van der Waals surface area contributed by atoms with Gasteiger partial charge in [0, 0.05) is 0 Å². The van der Waals surface area contributed by atoms with Crippen molar-refractivity contribution >= 4 is 38.1 Å². The molecule has 0 atom stereocenters. The van der Waals surface area contributed by atoms with Crippen LogP contribution in [0.4, 0.5) is 0 Å². The molecule has 3 aromatic carbocycles. The van der Waals surface area contributed by atoms with Crippen LogP contribution in [0.2, 0.25) is 0 Å². The maximum absolute atomic E-state index is 2.54. The van der Waals surface area contributed by atoms with E-state index in [0.29, 0.717) is 342 Å². The number of hydrogen-bond donors (Lipinski definition) is 0. The van der Waals surface area contributed by atoms with Crippen LogP contribution in [-0.2, 0) is 0 Å². The van der Waals surface area contributed by atoms with E-state index in [2.05, 4.69) is 24.9 Å². The topological polar surface area (TPSA) is 0 Å². The minimum absolute atomic E-state index is 0.479. The molecule has 0 fully saturated rings. The quantitative estimate of drug-likeness (QED) is 0.179. The second kappa shape index (κ2) is 13.4. The molecule has 3 rings (SSSR count). The Morgan fingerprint density at radius 3 is 1.04 bits per heavy atom. The molecule has 3 aromatic rings. The van der Waals surface area contributed by atoms with Gasteiger partial charge < -0.3 is 0 Å². The van der Waals surface area contributed by atoms with Crippen molar-refractivity contribution in [2.75, 3.05) is 6.26 Å². The van der Waals surface area contributed by atoms with E-state index in [0.717, 1.165) is 0 Å². The van der Waals surface area contributed by atoms with Crippen LogP contribution in [0.25, 0.3) is 21.5 Å². The van der Waals surface area contributed by atoms with Crippen molar-refractivity contribution in [2.45, 2.75) is 11.8 Å². The third-order valence-electron chi connectivity index (χ3n) is 6.78. The van der Waals surface area contributed by atoms with Crippen LogP contribution in [0.15, 0.2) is 4.90 Å². The standard InChI is InChI=1S/C16H6S.8Ra.8H/c1-11-12-7-3-5-9-14(12)16(17-2)15-10-6-4-8-13(11)15;;;;;;;;;;;;;;;;/h1-2H3;;;;;;;;;;;;;;;;. The monoisotopic (exact) mass is 2050 g/mol. The molecule has 0 aliphatic rings. The van der Waals surface area contributed by atoms with E-state index in [1.807, 2.05) is 26.4 Å². The van der Waals surface area contributed by atoms with Gasteiger partial charge in [-0.3, -0.25) is 0 Å². The summed E-state index contributed by atoms with van der Waals surface area (Å²) in [6, 6.07) is 0. The van der Waals surface area contributed by atoms with Crippen LogP contribution in [0.3, 0.4) is 0 Å². The molecule has 0 saturated heterocycles. The molecule has 0 aliphatic heterocycles. The average molecular weight is 2050 g/mol. The summed E-state index contributed by atoms with van der Waals surface area (Å²) in [6.07, 6.45) is 2.39. The van der Waals surface area contributed by atoms with Gasteiger partial charge in [0.2, 0.25) is 0 Å². The molecule has 0 amide bonds. The SMILES string of the molecule is CSc1c2[c]([RaH])[c]([RaH])[c]([RaH])[c]([RaH])c2c(C)c2[c]([RaH])[c]([RaH])[c]([RaH])[c]([RaH])c12. The molecule has 0 heterocycles. The summed E-state index contributed by atoms with van der Waals surface area (Å²) in [6.45, 7) is 2.54. The molecule has 0 spiro atoms. The van der Waals surface area contributed by atoms with Crippen LogP contribution >= 0.6 is 11.8 Å². The molecule has 0 saturated carbocycles. The molecule has 25 heavy (non-hydrogen) atoms. The Hall–Kier alpha value is 10.3. The Balaban J connectivity index is 2.84. The van der Waals surface area contributed by atoms with E-state index in [9.17, 15) is 0 Å². The van der Waals surface area contributed by atoms with Crippen LogP contribution in [-0.4, -0.2) is 6.26 Å². The average Bonchev–Trinajstić information content (AvgIpc) is 2.59. The van der Waals surface area contributed by atoms with Gasteiger partial charge in [-0.15, -0.1) is 0 Å². The molecular formula is C16H14Ra8S. The van der Waals surface area contributed by atoms with Crippen molar-refractivity contribution < 1.29 is 342 Å². The summed E-state index contributed by atoms with van der Waals surface area (Å²) in [7, 11) is 0. The summed E-state index contributed by atoms with van der Waals surface area (Å²) in [5.74, 6) is 0. The van der Waals surface area contributed by atoms with Crippen molar-refractivity contribution in [1.82, 2.24) is 0 Å². The summed E-state index contributed by atoms with van der Waals surface area (Å²) < 4.78 is 15.8. The van der Waals surface area contributed by atoms with Crippen LogP contribution in [0.5, 0.6) is 0 Å². The van der Waals surface area contributed by atoms with Crippen molar-refractivity contribution in [3.05, 3.63) is 5.56 Å². The van der Waals surface area contributed by atoms with Gasteiger partial charge in [0.25, 0.3) is 0 Å². The molecule has 0 unspecified atom stereocenters. The summed E-state index contributed by atoms with van der Waals surface area (Å²) in [5.41, 5.74) is 1.77. The van der Waals surface area contributed by atoms with Crippen molar-refractivity contribution in [1.29, 1.82) is 0 Å². The molecule has 0 aliphatic carbocycles. The van der Waals surface area contributed by atoms with Gasteiger partial charge >= 0.3 is 404 Å². The zero-order chi connectivity index (χ0) is 18.8. The molecule has 0 nitrogen and oxygen atoms in total. The van der Waals surface area contributed by atoms with Crippen LogP contribution in [0.1, 0.15) is 5.56 Å². The van der Waals surface area contributed by atoms with E-state index < -0.39 is 0 Å².